The minimum Gasteiger partial charge on any atom is -0.462 e. The molecule has 3 aromatic rings. The van der Waals surface area contributed by atoms with Gasteiger partial charge in [-0.2, -0.15) is 13.2 Å². The van der Waals surface area contributed by atoms with Gasteiger partial charge in [-0.1, -0.05) is 24.3 Å². The van der Waals surface area contributed by atoms with Gasteiger partial charge in [-0.3, -0.25) is 19.3 Å². The van der Waals surface area contributed by atoms with Gasteiger partial charge in [-0.15, -0.1) is 0 Å². The predicted octanol–water partition coefficient (Wildman–Crippen LogP) is 2.89. The second-order valence-electron chi connectivity index (χ2n) is 6.54. The van der Waals surface area contributed by atoms with E-state index in [1.165, 1.54) is 30.3 Å². The lowest BCUT2D eigenvalue weighted by atomic mass is 10.1. The molecule has 2 aromatic carbocycles. The summed E-state index contributed by atoms with van der Waals surface area (Å²) in [6.45, 7) is -1.25. The molecule has 0 fully saturated rings. The van der Waals surface area contributed by atoms with Crippen molar-refractivity contribution in [3.8, 4) is 0 Å². The molecule has 30 heavy (non-hydrogen) atoms. The lowest BCUT2D eigenvalue weighted by Crippen LogP contribution is -2.33. The van der Waals surface area contributed by atoms with E-state index in [9.17, 15) is 27.6 Å². The molecule has 1 aromatic heterocycles. The number of fused-ring (bicyclic) bond motifs is 2. The van der Waals surface area contributed by atoms with Crippen LogP contribution in [0.3, 0.4) is 0 Å². The normalized spacial score (nSPS) is 13.8. The molecular formula is C20H14F3N3O4. The average Bonchev–Trinajstić information content (AvgIpc) is 3.19. The van der Waals surface area contributed by atoms with Gasteiger partial charge in [-0.05, 0) is 24.3 Å². The molecule has 0 saturated heterocycles. The zero-order valence-corrected chi connectivity index (χ0v) is 15.3. The number of benzene rings is 2. The van der Waals surface area contributed by atoms with E-state index in [0.717, 1.165) is 9.47 Å². The van der Waals surface area contributed by atoms with Gasteiger partial charge in [0, 0.05) is 0 Å². The van der Waals surface area contributed by atoms with Gasteiger partial charge in [0.15, 0.2) is 0 Å². The van der Waals surface area contributed by atoms with Crippen molar-refractivity contribution in [2.45, 2.75) is 12.7 Å². The maximum absolute atomic E-state index is 13.3. The number of hydrogen-bond acceptors (Lipinski definition) is 5. The molecule has 154 valence electrons. The predicted molar refractivity (Wildman–Crippen MR) is 97.5 cm³/mol. The Kier molecular flexibility index (Phi) is 4.76. The summed E-state index contributed by atoms with van der Waals surface area (Å²) in [6.07, 6.45) is -4.75. The molecule has 0 radical (unpaired) electrons. The maximum Gasteiger partial charge on any atom is 0.449 e. The molecule has 0 bridgehead atoms. The Hall–Kier alpha value is -3.69. The quantitative estimate of drug-likeness (QED) is 0.471. The van der Waals surface area contributed by atoms with Crippen molar-refractivity contribution in [1.82, 2.24) is 14.5 Å². The standard InChI is InChI=1S/C20H14F3N3O4/c21-20(22,23)19-24-14-7-3-4-8-15(14)26(19)11-16(27)30-10-9-25-17(28)12-5-1-2-6-13(12)18(25)29/h1-8H,9-11H2. The van der Waals surface area contributed by atoms with E-state index in [0.29, 0.717) is 0 Å². The average molecular weight is 417 g/mol. The zero-order valence-electron chi connectivity index (χ0n) is 15.3. The number of carbonyl (C=O) groups excluding carboxylic acids is 3. The largest absolute Gasteiger partial charge is 0.462 e. The van der Waals surface area contributed by atoms with E-state index in [-0.39, 0.29) is 35.3 Å². The highest BCUT2D eigenvalue weighted by Gasteiger charge is 2.38. The van der Waals surface area contributed by atoms with Crippen LogP contribution in [0.2, 0.25) is 0 Å². The summed E-state index contributed by atoms with van der Waals surface area (Å²) in [5, 5.41) is 0. The number of aromatic nitrogens is 2. The van der Waals surface area contributed by atoms with Gasteiger partial charge in [0.2, 0.25) is 5.82 Å². The number of nitrogens with zero attached hydrogens (tertiary/aromatic N) is 3. The number of amides is 2. The molecule has 4 rings (SSSR count). The Morgan fingerprint density at radius 3 is 2.20 bits per heavy atom. The lowest BCUT2D eigenvalue weighted by Gasteiger charge is -2.15. The van der Waals surface area contributed by atoms with Gasteiger partial charge in [0.1, 0.15) is 13.2 Å². The highest BCUT2D eigenvalue weighted by molar-refractivity contribution is 6.21. The summed E-state index contributed by atoms with van der Waals surface area (Å²) >= 11 is 0. The third-order valence-corrected chi connectivity index (χ3v) is 4.65. The fourth-order valence-electron chi connectivity index (χ4n) is 3.32. The third-order valence-electron chi connectivity index (χ3n) is 4.65. The first-order chi connectivity index (χ1) is 14.3. The van der Waals surface area contributed by atoms with E-state index < -0.39 is 36.3 Å². The summed E-state index contributed by atoms with van der Waals surface area (Å²) in [7, 11) is 0. The minimum absolute atomic E-state index is 0.101. The Morgan fingerprint density at radius 1 is 0.967 bits per heavy atom. The van der Waals surface area contributed by atoms with Crippen LogP contribution in [0.25, 0.3) is 11.0 Å². The molecule has 2 amide bonds. The fourth-order valence-corrected chi connectivity index (χ4v) is 3.32. The van der Waals surface area contributed by atoms with Crippen molar-refractivity contribution in [3.05, 3.63) is 65.5 Å². The molecule has 2 heterocycles. The topological polar surface area (TPSA) is 81.5 Å². The van der Waals surface area contributed by atoms with Gasteiger partial charge >= 0.3 is 12.1 Å². The third kappa shape index (κ3) is 3.40. The molecular weight excluding hydrogens is 403 g/mol. The molecule has 0 atom stereocenters. The molecule has 10 heteroatoms. The summed E-state index contributed by atoms with van der Waals surface area (Å²) in [5.41, 5.74) is 0.757. The monoisotopic (exact) mass is 417 g/mol. The van der Waals surface area contributed by atoms with Crippen LogP contribution in [0.1, 0.15) is 26.5 Å². The number of esters is 1. The summed E-state index contributed by atoms with van der Waals surface area (Å²) < 4.78 is 45.6. The van der Waals surface area contributed by atoms with E-state index >= 15 is 0 Å². The molecule has 0 spiro atoms. The Labute approximate surface area is 167 Å². The van der Waals surface area contributed by atoms with Crippen molar-refractivity contribution >= 4 is 28.8 Å². The number of rotatable bonds is 5. The van der Waals surface area contributed by atoms with E-state index in [2.05, 4.69) is 4.98 Å². The van der Waals surface area contributed by atoms with E-state index in [4.69, 9.17) is 4.74 Å². The van der Waals surface area contributed by atoms with Crippen molar-refractivity contribution in [1.29, 1.82) is 0 Å². The van der Waals surface area contributed by atoms with Crippen molar-refractivity contribution in [2.24, 2.45) is 0 Å². The van der Waals surface area contributed by atoms with Crippen LogP contribution < -0.4 is 0 Å². The molecule has 0 N–H and O–H groups in total. The van der Waals surface area contributed by atoms with E-state index in [1.54, 1.807) is 18.2 Å². The van der Waals surface area contributed by atoms with Gasteiger partial charge in [0.25, 0.3) is 11.8 Å². The Bertz CT molecular complexity index is 1130. The number of hydrogen-bond donors (Lipinski definition) is 0. The van der Waals surface area contributed by atoms with Crippen LogP contribution in [-0.2, 0) is 22.3 Å². The Balaban J connectivity index is 1.43. The zero-order chi connectivity index (χ0) is 21.5. The van der Waals surface area contributed by atoms with E-state index in [1.807, 2.05) is 0 Å². The number of para-hydroxylation sites is 2. The number of imidazole rings is 1. The van der Waals surface area contributed by atoms with Crippen LogP contribution >= 0.6 is 0 Å². The molecule has 1 aliphatic heterocycles. The summed E-state index contributed by atoms with van der Waals surface area (Å²) in [4.78, 5) is 41.2. The van der Waals surface area contributed by atoms with Gasteiger partial charge in [0.05, 0.1) is 28.7 Å². The highest BCUT2D eigenvalue weighted by Crippen LogP contribution is 2.31. The summed E-state index contributed by atoms with van der Waals surface area (Å²) in [6, 6.07) is 12.2. The number of ether oxygens (including phenoxy) is 1. The second kappa shape index (κ2) is 7.29. The first kappa shape index (κ1) is 19.6. The van der Waals surface area contributed by atoms with Gasteiger partial charge < -0.3 is 9.30 Å². The maximum atomic E-state index is 13.3. The van der Waals surface area contributed by atoms with Crippen LogP contribution in [0.15, 0.2) is 48.5 Å². The second-order valence-corrected chi connectivity index (χ2v) is 6.54. The number of carbonyl (C=O) groups is 3. The first-order valence-corrected chi connectivity index (χ1v) is 8.90. The Morgan fingerprint density at radius 2 is 1.57 bits per heavy atom. The first-order valence-electron chi connectivity index (χ1n) is 8.90. The minimum atomic E-state index is -4.75. The van der Waals surface area contributed by atoms with Crippen molar-refractivity contribution < 1.29 is 32.3 Å². The molecule has 1 aliphatic rings. The molecule has 0 unspecified atom stereocenters. The molecule has 0 saturated carbocycles. The number of imide groups is 1. The summed E-state index contributed by atoms with van der Waals surface area (Å²) in [5.74, 6) is -3.17. The van der Waals surface area contributed by atoms with Crippen molar-refractivity contribution in [2.75, 3.05) is 13.2 Å². The smallest absolute Gasteiger partial charge is 0.449 e. The molecule has 0 aliphatic carbocycles. The van der Waals surface area contributed by atoms with Crippen LogP contribution in [0, 0.1) is 0 Å². The van der Waals surface area contributed by atoms with Crippen molar-refractivity contribution in [3.63, 3.8) is 0 Å². The highest BCUT2D eigenvalue weighted by atomic mass is 19.4. The van der Waals surface area contributed by atoms with Gasteiger partial charge in [-0.25, -0.2) is 4.98 Å². The van der Waals surface area contributed by atoms with Crippen LogP contribution in [0.4, 0.5) is 13.2 Å². The fraction of sp³-hybridized carbons (Fsp3) is 0.200. The van der Waals surface area contributed by atoms with Crippen LogP contribution in [-0.4, -0.2) is 45.4 Å². The SMILES string of the molecule is O=C(Cn1c(C(F)(F)F)nc2ccccc21)OCCN1C(=O)c2ccccc2C1=O. The number of alkyl halides is 3. The lowest BCUT2D eigenvalue weighted by molar-refractivity contribution is -0.151. The molecule has 7 nitrogen and oxygen atoms in total. The number of halogens is 3. The van der Waals surface area contributed by atoms with Crippen LogP contribution in [0.5, 0.6) is 0 Å².